The number of aliphatic hydroxyl groups excluding tert-OH is 2. The van der Waals surface area contributed by atoms with Gasteiger partial charge in [0.05, 0.1) is 11.8 Å². The molecule has 0 aliphatic heterocycles. The van der Waals surface area contributed by atoms with Crippen molar-refractivity contribution < 1.29 is 34.9 Å². The maximum Gasteiger partial charge on any atom is 0.344 e. The fourth-order valence-corrected chi connectivity index (χ4v) is 7.54. The molecule has 8 heteroatoms. The third-order valence-electron chi connectivity index (χ3n) is 9.04. The van der Waals surface area contributed by atoms with Crippen molar-refractivity contribution in [2.45, 2.75) is 70.5 Å². The van der Waals surface area contributed by atoms with E-state index in [2.05, 4.69) is 12.1 Å². The van der Waals surface area contributed by atoms with Crippen molar-refractivity contribution >= 4 is 17.5 Å². The lowest BCUT2D eigenvalue weighted by Crippen LogP contribution is -2.62. The minimum Gasteiger partial charge on any atom is -0.479 e. The van der Waals surface area contributed by atoms with Crippen LogP contribution in [0.15, 0.2) is 16.8 Å². The van der Waals surface area contributed by atoms with Crippen molar-refractivity contribution in [2.24, 2.45) is 33.7 Å². The topological polar surface area (TPSA) is 137 Å². The van der Waals surface area contributed by atoms with Gasteiger partial charge in [0.15, 0.2) is 5.78 Å². The highest BCUT2D eigenvalue weighted by molar-refractivity contribution is 5.96. The van der Waals surface area contributed by atoms with Gasteiger partial charge in [-0.3, -0.25) is 4.79 Å². The third kappa shape index (κ3) is 3.26. The molecule has 0 aromatic heterocycles. The lowest BCUT2D eigenvalue weighted by atomic mass is 9.45. The number of carboxylic acids is 1. The zero-order chi connectivity index (χ0) is 22.6. The number of aliphatic carboxylic acids is 1. The van der Waals surface area contributed by atoms with E-state index >= 15 is 0 Å². The number of aliphatic hydroxyl groups is 3. The minimum atomic E-state index is -1.58. The Morgan fingerprint density at radius 1 is 1.23 bits per heavy atom. The standard InChI is InChI=1S/C23H33NO7/c1-21-7-5-14(24-31-12-19(28)29)9-13(21)3-4-15-16-6-8-23(30,18(27)11-25)22(16,2)10-17(26)20(15)21/h9,15-17,20,25-26,30H,3-8,10-12H2,1-2H3,(H,28,29)/b24-14+/t15-,16+,17-,20-,21-,22-,23-/m0/s1. The molecule has 31 heavy (non-hydrogen) atoms. The molecular weight excluding hydrogens is 402 g/mol. The molecule has 3 saturated carbocycles. The van der Waals surface area contributed by atoms with E-state index in [1.54, 1.807) is 0 Å². The molecule has 0 spiro atoms. The van der Waals surface area contributed by atoms with E-state index < -0.39 is 42.1 Å². The van der Waals surface area contributed by atoms with Crippen LogP contribution in [0.5, 0.6) is 0 Å². The SMILES string of the molecule is C[C@]12CC/C(=N\OCC(=O)O)C=C1CC[C@@H]1[C@H]2[C@@H](O)C[C@@]2(C)[C@@H]1CC[C@]2(O)C(=O)CO. The molecule has 7 atom stereocenters. The highest BCUT2D eigenvalue weighted by Crippen LogP contribution is 2.67. The Balaban J connectivity index is 1.62. The summed E-state index contributed by atoms with van der Waals surface area (Å²) in [4.78, 5) is 28.0. The summed E-state index contributed by atoms with van der Waals surface area (Å²) in [7, 11) is 0. The quantitative estimate of drug-likeness (QED) is 0.482. The summed E-state index contributed by atoms with van der Waals surface area (Å²) < 4.78 is 0. The van der Waals surface area contributed by atoms with Crippen LogP contribution in [0.25, 0.3) is 0 Å². The molecule has 4 aliphatic carbocycles. The van der Waals surface area contributed by atoms with Crippen LogP contribution in [0.2, 0.25) is 0 Å². The second-order valence-corrected chi connectivity index (χ2v) is 10.3. The zero-order valence-electron chi connectivity index (χ0n) is 18.2. The maximum atomic E-state index is 12.5. The molecule has 0 unspecified atom stereocenters. The van der Waals surface area contributed by atoms with Crippen LogP contribution in [-0.4, -0.2) is 62.8 Å². The van der Waals surface area contributed by atoms with Crippen LogP contribution in [0, 0.1) is 28.6 Å². The lowest BCUT2D eigenvalue weighted by Gasteiger charge is -2.60. The summed E-state index contributed by atoms with van der Waals surface area (Å²) in [5.74, 6) is -1.26. The molecule has 4 rings (SSSR count). The molecule has 0 heterocycles. The van der Waals surface area contributed by atoms with Crippen molar-refractivity contribution in [2.75, 3.05) is 13.2 Å². The Morgan fingerprint density at radius 3 is 2.65 bits per heavy atom. The van der Waals surface area contributed by atoms with Crippen molar-refractivity contribution in [1.82, 2.24) is 0 Å². The average molecular weight is 436 g/mol. The Hall–Kier alpha value is -1.77. The summed E-state index contributed by atoms with van der Waals surface area (Å²) >= 11 is 0. The van der Waals surface area contributed by atoms with E-state index in [0.29, 0.717) is 19.3 Å². The fourth-order valence-electron chi connectivity index (χ4n) is 7.54. The molecule has 172 valence electrons. The number of allylic oxidation sites excluding steroid dienone is 2. The van der Waals surface area contributed by atoms with Crippen LogP contribution in [0.1, 0.15) is 58.8 Å². The zero-order valence-corrected chi connectivity index (χ0v) is 18.2. The molecule has 0 aromatic rings. The smallest absolute Gasteiger partial charge is 0.344 e. The number of rotatable bonds is 5. The number of carboxylic acid groups (broad SMARTS) is 1. The number of oxime groups is 1. The monoisotopic (exact) mass is 435 g/mol. The molecule has 0 bridgehead atoms. The molecule has 0 radical (unpaired) electrons. The van der Waals surface area contributed by atoms with Crippen molar-refractivity contribution in [3.05, 3.63) is 11.6 Å². The van der Waals surface area contributed by atoms with Gasteiger partial charge in [-0.2, -0.15) is 0 Å². The van der Waals surface area contributed by atoms with Crippen LogP contribution in [0.3, 0.4) is 0 Å². The number of nitrogens with zero attached hydrogens (tertiary/aromatic N) is 1. The summed E-state index contributed by atoms with van der Waals surface area (Å²) in [6.07, 6.45) is 5.86. The van der Waals surface area contributed by atoms with E-state index in [1.807, 2.05) is 13.0 Å². The molecule has 0 aromatic carbocycles. The summed E-state index contributed by atoms with van der Waals surface area (Å²) in [6.45, 7) is 2.95. The first-order valence-electron chi connectivity index (χ1n) is 11.2. The number of hydrogen-bond donors (Lipinski definition) is 4. The Bertz CT molecular complexity index is 838. The number of fused-ring (bicyclic) bond motifs is 5. The molecule has 0 amide bonds. The molecule has 0 saturated heterocycles. The van der Waals surface area contributed by atoms with Gasteiger partial charge in [-0.25, -0.2) is 4.79 Å². The molecular formula is C23H33NO7. The number of Topliss-reactive ketones (excluding diaryl/α,β-unsaturated/α-hetero) is 1. The first kappa shape index (κ1) is 22.4. The van der Waals surface area contributed by atoms with Crippen LogP contribution < -0.4 is 0 Å². The van der Waals surface area contributed by atoms with Gasteiger partial charge in [-0.15, -0.1) is 0 Å². The number of carbonyl (C=O) groups excluding carboxylic acids is 1. The fraction of sp³-hybridized carbons (Fsp3) is 0.783. The van der Waals surface area contributed by atoms with Gasteiger partial charge in [-0.05, 0) is 74.2 Å². The molecule has 8 nitrogen and oxygen atoms in total. The molecule has 3 fully saturated rings. The Kier molecular flexibility index (Phi) is 5.55. The van der Waals surface area contributed by atoms with E-state index in [1.165, 1.54) is 5.57 Å². The Labute approximate surface area is 182 Å². The van der Waals surface area contributed by atoms with Gasteiger partial charge >= 0.3 is 5.97 Å². The van der Waals surface area contributed by atoms with Crippen LogP contribution >= 0.6 is 0 Å². The summed E-state index contributed by atoms with van der Waals surface area (Å²) in [6, 6.07) is 0. The van der Waals surface area contributed by atoms with Gasteiger partial charge in [0.1, 0.15) is 12.2 Å². The van der Waals surface area contributed by atoms with Gasteiger partial charge in [-0.1, -0.05) is 24.6 Å². The van der Waals surface area contributed by atoms with Crippen molar-refractivity contribution in [1.29, 1.82) is 0 Å². The van der Waals surface area contributed by atoms with Crippen LogP contribution in [0.4, 0.5) is 0 Å². The second-order valence-electron chi connectivity index (χ2n) is 10.3. The van der Waals surface area contributed by atoms with Gasteiger partial charge in [0.2, 0.25) is 6.61 Å². The van der Waals surface area contributed by atoms with Crippen molar-refractivity contribution in [3.63, 3.8) is 0 Å². The second kappa shape index (κ2) is 7.67. The number of hydrogen-bond acceptors (Lipinski definition) is 7. The number of ketones is 1. The Morgan fingerprint density at radius 2 is 1.97 bits per heavy atom. The van der Waals surface area contributed by atoms with E-state index in [4.69, 9.17) is 9.94 Å². The average Bonchev–Trinajstić information content (AvgIpc) is 2.98. The van der Waals surface area contributed by atoms with Crippen LogP contribution in [-0.2, 0) is 14.4 Å². The van der Waals surface area contributed by atoms with Crippen molar-refractivity contribution in [3.8, 4) is 0 Å². The highest BCUT2D eigenvalue weighted by atomic mass is 16.6. The van der Waals surface area contributed by atoms with E-state index in [0.717, 1.165) is 31.4 Å². The van der Waals surface area contributed by atoms with E-state index in [-0.39, 0.29) is 23.2 Å². The third-order valence-corrected chi connectivity index (χ3v) is 9.04. The summed E-state index contributed by atoms with van der Waals surface area (Å²) in [5.41, 5.74) is -0.594. The predicted octanol–water partition coefficient (Wildman–Crippen LogP) is 1.67. The first-order chi connectivity index (χ1) is 14.6. The highest BCUT2D eigenvalue weighted by Gasteiger charge is 2.68. The first-order valence-corrected chi connectivity index (χ1v) is 11.2. The largest absolute Gasteiger partial charge is 0.479 e. The normalized spacial score (nSPS) is 45.3. The minimum absolute atomic E-state index is 0.0265. The predicted molar refractivity (Wildman–Crippen MR) is 111 cm³/mol. The summed E-state index contributed by atoms with van der Waals surface area (Å²) in [5, 5.41) is 44.8. The lowest BCUT2D eigenvalue weighted by molar-refractivity contribution is -0.181. The number of carbonyl (C=O) groups is 2. The van der Waals surface area contributed by atoms with Gasteiger partial charge in [0, 0.05) is 5.41 Å². The maximum absolute atomic E-state index is 12.5. The van der Waals surface area contributed by atoms with Gasteiger partial charge < -0.3 is 25.3 Å². The van der Waals surface area contributed by atoms with E-state index in [9.17, 15) is 24.9 Å². The molecule has 4 N–H and O–H groups in total. The van der Waals surface area contributed by atoms with Gasteiger partial charge in [0.25, 0.3) is 0 Å². The molecule has 4 aliphatic rings.